The van der Waals surface area contributed by atoms with Crippen molar-refractivity contribution in [3.63, 3.8) is 0 Å². The van der Waals surface area contributed by atoms with Gasteiger partial charge in [-0.25, -0.2) is 4.79 Å². The van der Waals surface area contributed by atoms with E-state index in [4.69, 9.17) is 23.2 Å². The SMILES string of the molecule is CCCC1SCC(C(=O)O)N1C(=O)c1cc(Cl)sc1Cl. The Bertz CT molecular complexity index is 535. The van der Waals surface area contributed by atoms with Crippen LogP contribution in [-0.2, 0) is 4.79 Å². The van der Waals surface area contributed by atoms with Crippen molar-refractivity contribution in [1.29, 1.82) is 0 Å². The quantitative estimate of drug-likeness (QED) is 0.893. The van der Waals surface area contributed by atoms with E-state index in [9.17, 15) is 14.7 Å². The molecule has 1 aromatic rings. The fourth-order valence-corrected chi connectivity index (χ4v) is 5.08. The van der Waals surface area contributed by atoms with Crippen molar-refractivity contribution in [2.24, 2.45) is 0 Å². The Labute approximate surface area is 135 Å². The number of thiophene rings is 1. The van der Waals surface area contributed by atoms with E-state index in [1.807, 2.05) is 6.92 Å². The van der Waals surface area contributed by atoms with Crippen LogP contribution in [0.4, 0.5) is 0 Å². The van der Waals surface area contributed by atoms with E-state index < -0.39 is 12.0 Å². The van der Waals surface area contributed by atoms with Gasteiger partial charge >= 0.3 is 5.97 Å². The lowest BCUT2D eigenvalue weighted by Crippen LogP contribution is -2.45. The van der Waals surface area contributed by atoms with Crippen LogP contribution in [0, 0.1) is 0 Å². The number of rotatable bonds is 4. The molecule has 2 unspecified atom stereocenters. The summed E-state index contributed by atoms with van der Waals surface area (Å²) in [5, 5.41) is 9.15. The van der Waals surface area contributed by atoms with Gasteiger partial charge in [0.05, 0.1) is 15.3 Å². The number of aliphatic carboxylic acids is 1. The number of carboxylic acid groups (broad SMARTS) is 1. The van der Waals surface area contributed by atoms with E-state index in [0.29, 0.717) is 14.4 Å². The largest absolute Gasteiger partial charge is 0.480 e. The molecule has 0 aliphatic carbocycles. The van der Waals surface area contributed by atoms with Gasteiger partial charge in [0.2, 0.25) is 0 Å². The number of thioether (sulfide) groups is 1. The van der Waals surface area contributed by atoms with Gasteiger partial charge < -0.3 is 10.0 Å². The van der Waals surface area contributed by atoms with Crippen LogP contribution in [0.15, 0.2) is 6.07 Å². The molecular formula is C12H13Cl2NO3S2. The summed E-state index contributed by atoms with van der Waals surface area (Å²) in [6, 6.07) is 0.695. The maximum absolute atomic E-state index is 12.6. The molecule has 1 aromatic heterocycles. The second-order valence-corrected chi connectivity index (χ2v) is 7.88. The number of hydrogen-bond acceptors (Lipinski definition) is 4. The van der Waals surface area contributed by atoms with E-state index in [-0.39, 0.29) is 16.8 Å². The molecule has 2 heterocycles. The van der Waals surface area contributed by atoms with Crippen molar-refractivity contribution in [2.45, 2.75) is 31.2 Å². The zero-order valence-electron chi connectivity index (χ0n) is 10.6. The molecule has 1 N–H and O–H groups in total. The molecule has 1 amide bonds. The minimum absolute atomic E-state index is 0.122. The Morgan fingerprint density at radius 1 is 1.50 bits per heavy atom. The van der Waals surface area contributed by atoms with Gasteiger partial charge in [-0.05, 0) is 12.5 Å². The Balaban J connectivity index is 2.31. The van der Waals surface area contributed by atoms with Crippen molar-refractivity contribution in [3.8, 4) is 0 Å². The molecule has 1 aliphatic heterocycles. The summed E-state index contributed by atoms with van der Waals surface area (Å²) in [6.07, 6.45) is 1.64. The lowest BCUT2D eigenvalue weighted by atomic mass is 10.2. The molecule has 4 nitrogen and oxygen atoms in total. The van der Waals surface area contributed by atoms with Gasteiger partial charge in [0, 0.05) is 5.75 Å². The third kappa shape index (κ3) is 3.08. The third-order valence-corrected chi connectivity index (χ3v) is 5.88. The average Bonchev–Trinajstić information content (AvgIpc) is 2.92. The number of nitrogens with zero attached hydrogens (tertiary/aromatic N) is 1. The smallest absolute Gasteiger partial charge is 0.327 e. The van der Waals surface area contributed by atoms with Gasteiger partial charge in [0.15, 0.2) is 0 Å². The number of halogens is 2. The predicted octanol–water partition coefficient (Wildman–Crippen LogP) is 3.82. The molecule has 110 valence electrons. The molecule has 20 heavy (non-hydrogen) atoms. The highest BCUT2D eigenvalue weighted by atomic mass is 35.5. The van der Waals surface area contributed by atoms with Crippen LogP contribution in [0.25, 0.3) is 0 Å². The van der Waals surface area contributed by atoms with Crippen LogP contribution in [-0.4, -0.2) is 39.1 Å². The summed E-state index contributed by atoms with van der Waals surface area (Å²) in [4.78, 5) is 25.3. The van der Waals surface area contributed by atoms with Crippen molar-refractivity contribution in [1.82, 2.24) is 4.90 Å². The van der Waals surface area contributed by atoms with E-state index in [1.165, 1.54) is 22.7 Å². The molecule has 1 fully saturated rings. The first-order chi connectivity index (χ1) is 9.45. The van der Waals surface area contributed by atoms with Crippen LogP contribution >= 0.6 is 46.3 Å². The Morgan fingerprint density at radius 3 is 2.70 bits per heavy atom. The molecule has 0 spiro atoms. The summed E-state index contributed by atoms with van der Waals surface area (Å²) in [5.74, 6) is -0.933. The van der Waals surface area contributed by atoms with Crippen LogP contribution in [0.1, 0.15) is 30.1 Å². The zero-order chi connectivity index (χ0) is 14.9. The molecule has 0 saturated carbocycles. The Morgan fingerprint density at radius 2 is 2.20 bits per heavy atom. The molecule has 0 aromatic carbocycles. The minimum Gasteiger partial charge on any atom is -0.480 e. The molecule has 0 radical (unpaired) electrons. The summed E-state index contributed by atoms with van der Waals surface area (Å²) in [6.45, 7) is 2.01. The van der Waals surface area contributed by atoms with Gasteiger partial charge in [-0.15, -0.1) is 23.1 Å². The van der Waals surface area contributed by atoms with E-state index in [1.54, 1.807) is 0 Å². The maximum atomic E-state index is 12.6. The van der Waals surface area contributed by atoms with Gasteiger partial charge in [0.25, 0.3) is 5.91 Å². The molecular weight excluding hydrogens is 341 g/mol. The second kappa shape index (κ2) is 6.56. The highest BCUT2D eigenvalue weighted by molar-refractivity contribution is 8.00. The number of amides is 1. The predicted molar refractivity (Wildman–Crippen MR) is 83.1 cm³/mol. The Kier molecular flexibility index (Phi) is 5.23. The Hall–Kier alpha value is -0.430. The van der Waals surface area contributed by atoms with Crippen LogP contribution < -0.4 is 0 Å². The summed E-state index contributed by atoms with van der Waals surface area (Å²) < 4.78 is 0.723. The zero-order valence-corrected chi connectivity index (χ0v) is 13.8. The molecule has 2 rings (SSSR count). The summed E-state index contributed by atoms with van der Waals surface area (Å²) >= 11 is 14.5. The van der Waals surface area contributed by atoms with Crippen LogP contribution in [0.5, 0.6) is 0 Å². The van der Waals surface area contributed by atoms with Gasteiger partial charge in [0.1, 0.15) is 10.4 Å². The van der Waals surface area contributed by atoms with E-state index in [0.717, 1.165) is 24.2 Å². The molecule has 0 bridgehead atoms. The first-order valence-corrected chi connectivity index (χ1v) is 8.69. The van der Waals surface area contributed by atoms with Crippen molar-refractivity contribution in [3.05, 3.63) is 20.3 Å². The normalized spacial score (nSPS) is 22.2. The van der Waals surface area contributed by atoms with Gasteiger partial charge in [-0.2, -0.15) is 0 Å². The highest BCUT2D eigenvalue weighted by Gasteiger charge is 2.42. The van der Waals surface area contributed by atoms with E-state index >= 15 is 0 Å². The average molecular weight is 354 g/mol. The van der Waals surface area contributed by atoms with Gasteiger partial charge in [-0.1, -0.05) is 36.5 Å². The number of hydrogen-bond donors (Lipinski definition) is 1. The van der Waals surface area contributed by atoms with E-state index in [2.05, 4.69) is 0 Å². The monoisotopic (exact) mass is 353 g/mol. The molecule has 2 atom stereocenters. The lowest BCUT2D eigenvalue weighted by molar-refractivity contribution is -0.141. The first kappa shape index (κ1) is 15.9. The van der Waals surface area contributed by atoms with Crippen molar-refractivity contribution < 1.29 is 14.7 Å². The lowest BCUT2D eigenvalue weighted by Gasteiger charge is -2.27. The van der Waals surface area contributed by atoms with Crippen LogP contribution in [0.3, 0.4) is 0 Å². The maximum Gasteiger partial charge on any atom is 0.327 e. The number of carboxylic acids is 1. The van der Waals surface area contributed by atoms with Crippen molar-refractivity contribution in [2.75, 3.05) is 5.75 Å². The summed E-state index contributed by atoms with van der Waals surface area (Å²) in [7, 11) is 0. The second-order valence-electron chi connectivity index (χ2n) is 4.38. The summed E-state index contributed by atoms with van der Waals surface area (Å²) in [5.41, 5.74) is 0.288. The number of carbonyl (C=O) groups excluding carboxylic acids is 1. The molecule has 1 aliphatic rings. The van der Waals surface area contributed by atoms with Crippen LogP contribution in [0.2, 0.25) is 8.67 Å². The fourth-order valence-electron chi connectivity index (χ4n) is 2.12. The first-order valence-electron chi connectivity index (χ1n) is 6.07. The molecule has 8 heteroatoms. The van der Waals surface area contributed by atoms with Crippen molar-refractivity contribution >= 4 is 58.2 Å². The highest BCUT2D eigenvalue weighted by Crippen LogP contribution is 2.37. The fraction of sp³-hybridized carbons (Fsp3) is 0.500. The van der Waals surface area contributed by atoms with Gasteiger partial charge in [-0.3, -0.25) is 4.79 Å². The standard InChI is InChI=1S/C12H13Cl2NO3S2/c1-2-3-9-15(7(5-19-9)12(17)18)11(16)6-4-8(13)20-10(6)14/h4,7,9H,2-3,5H2,1H3,(H,17,18). The third-order valence-electron chi connectivity index (χ3n) is 3.03. The minimum atomic E-state index is -0.984. The topological polar surface area (TPSA) is 57.6 Å². The molecule has 1 saturated heterocycles. The number of carbonyl (C=O) groups is 2.